The van der Waals surface area contributed by atoms with Crippen LogP contribution in [-0.2, 0) is 9.59 Å². The first-order valence-electron chi connectivity index (χ1n) is 11.5. The van der Waals surface area contributed by atoms with Gasteiger partial charge in [0.05, 0.1) is 5.41 Å². The van der Waals surface area contributed by atoms with Crippen LogP contribution >= 0.6 is 0 Å². The van der Waals surface area contributed by atoms with Crippen molar-refractivity contribution in [3.63, 3.8) is 0 Å². The fourth-order valence-electron chi connectivity index (χ4n) is 4.16. The Hall–Kier alpha value is -1.18. The van der Waals surface area contributed by atoms with Crippen molar-refractivity contribution in [2.45, 2.75) is 116 Å². The van der Waals surface area contributed by atoms with Gasteiger partial charge in [-0.25, -0.2) is 0 Å². The largest absolute Gasteiger partial charge is 0.299 e. The van der Waals surface area contributed by atoms with Gasteiger partial charge in [0, 0.05) is 12.8 Å². The minimum atomic E-state index is -0.798. The maximum atomic E-state index is 12.4. The first kappa shape index (κ1) is 23.9. The van der Waals surface area contributed by atoms with Gasteiger partial charge in [0.15, 0.2) is 0 Å². The molecule has 0 atom stereocenters. The van der Waals surface area contributed by atoms with Crippen molar-refractivity contribution in [1.82, 2.24) is 0 Å². The number of hydrogen-bond acceptors (Lipinski definition) is 2. The molecule has 1 aliphatic carbocycles. The van der Waals surface area contributed by atoms with Gasteiger partial charge in [-0.1, -0.05) is 89.4 Å². The molecule has 0 aromatic heterocycles. The fourth-order valence-corrected chi connectivity index (χ4v) is 4.16. The Labute approximate surface area is 167 Å². The number of Topliss-reactive ketones (excluding diaryl/α,β-unsaturated/α-hetero) is 2. The smallest absolute Gasteiger partial charge is 0.147 e. The molecule has 0 aromatic rings. The zero-order chi connectivity index (χ0) is 19.8. The van der Waals surface area contributed by atoms with Gasteiger partial charge < -0.3 is 0 Å². The SMILES string of the molecule is C=CCC1(CC=CCCCCCCCCCCCCC)C(=O)CCCC1=O. The second kappa shape index (κ2) is 14.8. The third-order valence-electron chi connectivity index (χ3n) is 5.98. The highest BCUT2D eigenvalue weighted by atomic mass is 16.2. The van der Waals surface area contributed by atoms with Crippen molar-refractivity contribution < 1.29 is 9.59 Å². The van der Waals surface area contributed by atoms with Crippen LogP contribution in [0.4, 0.5) is 0 Å². The summed E-state index contributed by atoms with van der Waals surface area (Å²) >= 11 is 0. The van der Waals surface area contributed by atoms with Crippen molar-refractivity contribution in [3.8, 4) is 0 Å². The van der Waals surface area contributed by atoms with E-state index in [1.807, 2.05) is 0 Å². The Morgan fingerprint density at radius 2 is 1.30 bits per heavy atom. The van der Waals surface area contributed by atoms with E-state index >= 15 is 0 Å². The molecule has 0 unspecified atom stereocenters. The normalized spacial score (nSPS) is 16.9. The summed E-state index contributed by atoms with van der Waals surface area (Å²) in [7, 11) is 0. The van der Waals surface area contributed by atoms with Crippen LogP contribution in [-0.4, -0.2) is 11.6 Å². The van der Waals surface area contributed by atoms with E-state index in [2.05, 4.69) is 25.7 Å². The summed E-state index contributed by atoms with van der Waals surface area (Å²) in [6, 6.07) is 0. The third-order valence-corrected chi connectivity index (χ3v) is 5.98. The van der Waals surface area contributed by atoms with Crippen LogP contribution in [0, 0.1) is 5.41 Å². The van der Waals surface area contributed by atoms with Crippen LogP contribution in [0.2, 0.25) is 0 Å². The van der Waals surface area contributed by atoms with Gasteiger partial charge in [-0.05, 0) is 32.1 Å². The summed E-state index contributed by atoms with van der Waals surface area (Å²) < 4.78 is 0. The summed E-state index contributed by atoms with van der Waals surface area (Å²) in [4.78, 5) is 24.8. The molecule has 2 heteroatoms. The minimum absolute atomic E-state index is 0.123. The quantitative estimate of drug-likeness (QED) is 0.159. The van der Waals surface area contributed by atoms with Gasteiger partial charge in [0.2, 0.25) is 0 Å². The first-order chi connectivity index (χ1) is 13.2. The number of ketones is 2. The first-order valence-corrected chi connectivity index (χ1v) is 11.5. The lowest BCUT2D eigenvalue weighted by Crippen LogP contribution is -2.41. The van der Waals surface area contributed by atoms with Gasteiger partial charge in [-0.15, -0.1) is 6.58 Å². The predicted octanol–water partition coefficient (Wildman–Crippen LogP) is 7.52. The van der Waals surface area contributed by atoms with Crippen molar-refractivity contribution in [1.29, 1.82) is 0 Å². The molecular formula is C25H42O2. The van der Waals surface area contributed by atoms with E-state index in [4.69, 9.17) is 0 Å². The number of carbonyl (C=O) groups excluding carboxylic acids is 2. The van der Waals surface area contributed by atoms with Crippen LogP contribution in [0.15, 0.2) is 24.8 Å². The average molecular weight is 375 g/mol. The van der Waals surface area contributed by atoms with Crippen LogP contribution < -0.4 is 0 Å². The topological polar surface area (TPSA) is 34.1 Å². The van der Waals surface area contributed by atoms with Crippen LogP contribution in [0.3, 0.4) is 0 Å². The molecule has 0 heterocycles. The highest BCUT2D eigenvalue weighted by Gasteiger charge is 2.44. The molecule has 154 valence electrons. The van der Waals surface area contributed by atoms with Gasteiger partial charge in [-0.3, -0.25) is 9.59 Å². The molecule has 1 rings (SSSR count). The highest BCUT2D eigenvalue weighted by molar-refractivity contribution is 6.09. The maximum absolute atomic E-state index is 12.4. The van der Waals surface area contributed by atoms with Crippen LogP contribution in [0.1, 0.15) is 116 Å². The lowest BCUT2D eigenvalue weighted by molar-refractivity contribution is -0.143. The third kappa shape index (κ3) is 9.04. The van der Waals surface area contributed by atoms with E-state index < -0.39 is 5.41 Å². The molecule has 0 bridgehead atoms. The molecular weight excluding hydrogens is 332 g/mol. The lowest BCUT2D eigenvalue weighted by Gasteiger charge is -2.32. The average Bonchev–Trinajstić information content (AvgIpc) is 2.66. The number of allylic oxidation sites excluding steroid dienone is 3. The summed E-state index contributed by atoms with van der Waals surface area (Å²) in [5.74, 6) is 0.246. The monoisotopic (exact) mass is 374 g/mol. The second-order valence-electron chi connectivity index (χ2n) is 8.27. The zero-order valence-corrected chi connectivity index (χ0v) is 17.8. The summed E-state index contributed by atoms with van der Waals surface area (Å²) in [6.07, 6.45) is 24.9. The van der Waals surface area contributed by atoms with E-state index in [0.717, 1.165) is 12.8 Å². The number of hydrogen-bond donors (Lipinski definition) is 0. The van der Waals surface area contributed by atoms with Crippen molar-refractivity contribution in [2.24, 2.45) is 5.41 Å². The highest BCUT2D eigenvalue weighted by Crippen LogP contribution is 2.37. The molecule has 27 heavy (non-hydrogen) atoms. The number of carbonyl (C=O) groups is 2. The minimum Gasteiger partial charge on any atom is -0.299 e. The molecule has 2 nitrogen and oxygen atoms in total. The van der Waals surface area contributed by atoms with Gasteiger partial charge in [0.1, 0.15) is 11.6 Å². The lowest BCUT2D eigenvalue weighted by atomic mass is 9.67. The number of rotatable bonds is 16. The summed E-state index contributed by atoms with van der Waals surface area (Å²) in [5, 5.41) is 0. The Balaban J connectivity index is 2.10. The van der Waals surface area contributed by atoms with E-state index in [9.17, 15) is 9.59 Å². The van der Waals surface area contributed by atoms with Gasteiger partial charge in [-0.2, -0.15) is 0 Å². The number of unbranched alkanes of at least 4 members (excludes halogenated alkanes) is 11. The Morgan fingerprint density at radius 1 is 0.778 bits per heavy atom. The second-order valence-corrected chi connectivity index (χ2v) is 8.27. The van der Waals surface area contributed by atoms with Crippen molar-refractivity contribution >= 4 is 11.6 Å². The van der Waals surface area contributed by atoms with Crippen LogP contribution in [0.25, 0.3) is 0 Å². The molecule has 1 aliphatic rings. The Kier molecular flexibility index (Phi) is 13.1. The molecule has 0 saturated heterocycles. The van der Waals surface area contributed by atoms with E-state index in [-0.39, 0.29) is 11.6 Å². The van der Waals surface area contributed by atoms with Gasteiger partial charge in [0.25, 0.3) is 0 Å². The summed E-state index contributed by atoms with van der Waals surface area (Å²) in [6.45, 7) is 6.03. The summed E-state index contributed by atoms with van der Waals surface area (Å²) in [5.41, 5.74) is -0.798. The fraction of sp³-hybridized carbons (Fsp3) is 0.760. The molecule has 0 amide bonds. The van der Waals surface area contributed by atoms with Gasteiger partial charge >= 0.3 is 0 Å². The molecule has 1 saturated carbocycles. The molecule has 0 radical (unpaired) electrons. The predicted molar refractivity (Wildman–Crippen MR) is 116 cm³/mol. The zero-order valence-electron chi connectivity index (χ0n) is 17.8. The maximum Gasteiger partial charge on any atom is 0.147 e. The molecule has 0 aromatic carbocycles. The molecule has 0 spiro atoms. The Bertz CT molecular complexity index is 445. The Morgan fingerprint density at radius 3 is 1.81 bits per heavy atom. The van der Waals surface area contributed by atoms with Crippen LogP contribution in [0.5, 0.6) is 0 Å². The molecule has 1 fully saturated rings. The van der Waals surface area contributed by atoms with E-state index in [0.29, 0.717) is 25.7 Å². The molecule has 0 N–H and O–H groups in total. The standard InChI is InChI=1S/C25H42O2/c1-3-5-6-7-8-9-10-11-12-13-14-15-16-17-22-25(21-4-2)23(26)19-18-20-24(25)27/h4,16-17H,2-3,5-15,18-22H2,1H3. The van der Waals surface area contributed by atoms with E-state index in [1.54, 1.807) is 6.08 Å². The van der Waals surface area contributed by atoms with Crippen molar-refractivity contribution in [3.05, 3.63) is 24.8 Å². The van der Waals surface area contributed by atoms with Crippen molar-refractivity contribution in [2.75, 3.05) is 0 Å². The van der Waals surface area contributed by atoms with E-state index in [1.165, 1.54) is 70.6 Å². The molecule has 0 aliphatic heterocycles.